The second-order valence-electron chi connectivity index (χ2n) is 7.17. The molecule has 7 heteroatoms. The summed E-state index contributed by atoms with van der Waals surface area (Å²) in [5.74, 6) is 1.82. The van der Waals surface area contributed by atoms with Crippen molar-refractivity contribution in [1.29, 1.82) is 0 Å². The molecule has 0 saturated heterocycles. The number of nitrogens with zero attached hydrogens (tertiary/aromatic N) is 4. The van der Waals surface area contributed by atoms with E-state index in [0.29, 0.717) is 5.69 Å². The van der Waals surface area contributed by atoms with Crippen LogP contribution in [0, 0.1) is 6.92 Å². The highest BCUT2D eigenvalue weighted by molar-refractivity contribution is 7.18. The van der Waals surface area contributed by atoms with Crippen molar-refractivity contribution in [3.8, 4) is 11.3 Å². The standard InChI is InChI=1S/C23H24FN5S/c1-3-21-28-22(19-11-15(2)30-23(19)29-21)25-10-4-5-16-6-8-17(9-7-16)20-14-26-18(12-24)13-27-20/h6-9,11,13-14H,3-5,10,12H2,1-2H3,(H,25,28,29). The van der Waals surface area contributed by atoms with E-state index in [1.54, 1.807) is 17.5 Å². The van der Waals surface area contributed by atoms with Crippen molar-refractivity contribution in [3.05, 3.63) is 64.7 Å². The summed E-state index contributed by atoms with van der Waals surface area (Å²) in [5.41, 5.74) is 3.36. The first-order chi connectivity index (χ1) is 14.7. The third kappa shape index (κ3) is 4.62. The molecule has 5 nitrogen and oxygen atoms in total. The van der Waals surface area contributed by atoms with Crippen LogP contribution in [0.4, 0.5) is 10.2 Å². The van der Waals surface area contributed by atoms with E-state index < -0.39 is 6.67 Å². The Labute approximate surface area is 179 Å². The van der Waals surface area contributed by atoms with Crippen LogP contribution in [0.25, 0.3) is 21.5 Å². The maximum absolute atomic E-state index is 12.6. The molecule has 0 atom stereocenters. The minimum atomic E-state index is -0.591. The van der Waals surface area contributed by atoms with E-state index in [4.69, 9.17) is 0 Å². The van der Waals surface area contributed by atoms with Crippen molar-refractivity contribution in [3.63, 3.8) is 0 Å². The van der Waals surface area contributed by atoms with Crippen molar-refractivity contribution in [2.24, 2.45) is 0 Å². The molecule has 3 aromatic heterocycles. The van der Waals surface area contributed by atoms with Crippen LogP contribution in [-0.2, 0) is 19.5 Å². The van der Waals surface area contributed by atoms with E-state index in [1.807, 2.05) is 12.1 Å². The van der Waals surface area contributed by atoms with Gasteiger partial charge >= 0.3 is 0 Å². The first-order valence-electron chi connectivity index (χ1n) is 10.1. The van der Waals surface area contributed by atoms with Gasteiger partial charge in [0.15, 0.2) is 0 Å². The third-order valence-electron chi connectivity index (χ3n) is 4.91. The highest BCUT2D eigenvalue weighted by Gasteiger charge is 2.09. The van der Waals surface area contributed by atoms with Gasteiger partial charge < -0.3 is 5.32 Å². The highest BCUT2D eigenvalue weighted by Crippen LogP contribution is 2.28. The van der Waals surface area contributed by atoms with Crippen LogP contribution in [0.5, 0.6) is 0 Å². The summed E-state index contributed by atoms with van der Waals surface area (Å²) in [6.45, 7) is 4.44. The summed E-state index contributed by atoms with van der Waals surface area (Å²) in [5, 5.41) is 4.61. The number of aryl methyl sites for hydroxylation is 3. The number of aromatic nitrogens is 4. The van der Waals surface area contributed by atoms with Crippen molar-refractivity contribution in [1.82, 2.24) is 19.9 Å². The number of fused-ring (bicyclic) bond motifs is 1. The first-order valence-corrected chi connectivity index (χ1v) is 10.9. The monoisotopic (exact) mass is 421 g/mol. The van der Waals surface area contributed by atoms with Gasteiger partial charge in [0.05, 0.1) is 29.2 Å². The van der Waals surface area contributed by atoms with Crippen molar-refractivity contribution < 1.29 is 4.39 Å². The van der Waals surface area contributed by atoms with E-state index in [9.17, 15) is 4.39 Å². The van der Waals surface area contributed by atoms with Crippen LogP contribution in [-0.4, -0.2) is 26.5 Å². The molecule has 0 bridgehead atoms. The smallest absolute Gasteiger partial charge is 0.138 e. The maximum Gasteiger partial charge on any atom is 0.138 e. The van der Waals surface area contributed by atoms with Gasteiger partial charge in [-0.05, 0) is 31.4 Å². The minimum Gasteiger partial charge on any atom is -0.369 e. The van der Waals surface area contributed by atoms with Crippen LogP contribution in [0.15, 0.2) is 42.7 Å². The molecule has 0 aliphatic heterocycles. The van der Waals surface area contributed by atoms with Crippen LogP contribution in [0.3, 0.4) is 0 Å². The van der Waals surface area contributed by atoms with Gasteiger partial charge in [-0.2, -0.15) is 0 Å². The lowest BCUT2D eigenvalue weighted by Gasteiger charge is -2.09. The number of benzene rings is 1. The van der Waals surface area contributed by atoms with Gasteiger partial charge in [-0.3, -0.25) is 9.97 Å². The van der Waals surface area contributed by atoms with E-state index in [0.717, 1.165) is 58.9 Å². The average Bonchev–Trinajstić information content (AvgIpc) is 3.17. The molecular weight excluding hydrogens is 397 g/mol. The number of hydrogen-bond acceptors (Lipinski definition) is 6. The molecule has 0 aliphatic rings. The summed E-state index contributed by atoms with van der Waals surface area (Å²) in [6, 6.07) is 10.5. The summed E-state index contributed by atoms with van der Waals surface area (Å²) >= 11 is 1.71. The molecule has 0 fully saturated rings. The lowest BCUT2D eigenvalue weighted by molar-refractivity contribution is 0.475. The van der Waals surface area contributed by atoms with Crippen LogP contribution < -0.4 is 5.32 Å². The number of halogens is 1. The number of nitrogens with one attached hydrogen (secondary N) is 1. The zero-order chi connectivity index (χ0) is 20.9. The fourth-order valence-electron chi connectivity index (χ4n) is 3.29. The molecule has 0 amide bonds. The predicted octanol–water partition coefficient (Wildman–Crippen LogP) is 5.53. The van der Waals surface area contributed by atoms with Gasteiger partial charge in [0.1, 0.15) is 23.1 Å². The summed E-state index contributed by atoms with van der Waals surface area (Å²) in [7, 11) is 0. The number of hydrogen-bond donors (Lipinski definition) is 1. The SMILES string of the molecule is CCc1nc(NCCCc2ccc(-c3cnc(CF)cn3)cc2)c2cc(C)sc2n1. The molecule has 4 rings (SSSR count). The lowest BCUT2D eigenvalue weighted by Crippen LogP contribution is -2.07. The molecule has 1 N–H and O–H groups in total. The quantitative estimate of drug-likeness (QED) is 0.379. The topological polar surface area (TPSA) is 63.6 Å². The van der Waals surface area contributed by atoms with E-state index in [1.165, 1.54) is 16.6 Å². The largest absolute Gasteiger partial charge is 0.369 e. The Bertz CT molecular complexity index is 1120. The molecule has 154 valence electrons. The number of alkyl halides is 1. The normalized spacial score (nSPS) is 11.2. The van der Waals surface area contributed by atoms with E-state index in [-0.39, 0.29) is 0 Å². The second-order valence-corrected chi connectivity index (χ2v) is 8.41. The zero-order valence-electron chi connectivity index (χ0n) is 17.2. The Kier molecular flexibility index (Phi) is 6.28. The molecule has 30 heavy (non-hydrogen) atoms. The van der Waals surface area contributed by atoms with E-state index in [2.05, 4.69) is 57.3 Å². The minimum absolute atomic E-state index is 0.354. The Morgan fingerprint density at radius 2 is 1.90 bits per heavy atom. The molecule has 0 aliphatic carbocycles. The fourth-order valence-corrected chi connectivity index (χ4v) is 4.19. The van der Waals surface area contributed by atoms with Gasteiger partial charge in [0, 0.05) is 23.4 Å². The van der Waals surface area contributed by atoms with Gasteiger partial charge in [-0.25, -0.2) is 14.4 Å². The Balaban J connectivity index is 1.35. The number of rotatable bonds is 8. The fraction of sp³-hybridized carbons (Fsp3) is 0.304. The Hall–Kier alpha value is -2.93. The van der Waals surface area contributed by atoms with Crippen LogP contribution in [0.2, 0.25) is 0 Å². The van der Waals surface area contributed by atoms with E-state index >= 15 is 0 Å². The Morgan fingerprint density at radius 3 is 2.60 bits per heavy atom. The molecule has 1 aromatic carbocycles. The number of thiophene rings is 1. The molecule has 0 spiro atoms. The van der Waals surface area contributed by atoms with Crippen molar-refractivity contribution in [2.75, 3.05) is 11.9 Å². The first kappa shape index (κ1) is 20.3. The lowest BCUT2D eigenvalue weighted by atomic mass is 10.1. The predicted molar refractivity (Wildman–Crippen MR) is 121 cm³/mol. The van der Waals surface area contributed by atoms with Crippen molar-refractivity contribution in [2.45, 2.75) is 39.8 Å². The summed E-state index contributed by atoms with van der Waals surface area (Å²) < 4.78 is 12.6. The highest BCUT2D eigenvalue weighted by atomic mass is 32.1. The van der Waals surface area contributed by atoms with Gasteiger partial charge in [-0.15, -0.1) is 11.3 Å². The molecule has 3 heterocycles. The zero-order valence-corrected chi connectivity index (χ0v) is 18.0. The molecule has 0 radical (unpaired) electrons. The molecule has 0 unspecified atom stereocenters. The second kappa shape index (κ2) is 9.26. The summed E-state index contributed by atoms with van der Waals surface area (Å²) in [6.07, 6.45) is 5.90. The van der Waals surface area contributed by atoms with Gasteiger partial charge in [-0.1, -0.05) is 31.2 Å². The van der Waals surface area contributed by atoms with Crippen LogP contribution in [0.1, 0.15) is 35.3 Å². The average molecular weight is 422 g/mol. The molecular formula is C23H24FN5S. The van der Waals surface area contributed by atoms with Crippen molar-refractivity contribution >= 4 is 27.4 Å². The van der Waals surface area contributed by atoms with Gasteiger partial charge in [0.2, 0.25) is 0 Å². The maximum atomic E-state index is 12.6. The Morgan fingerprint density at radius 1 is 1.07 bits per heavy atom. The van der Waals surface area contributed by atoms with Crippen LogP contribution >= 0.6 is 11.3 Å². The molecule has 0 saturated carbocycles. The molecule has 4 aromatic rings. The van der Waals surface area contributed by atoms with Gasteiger partial charge in [0.25, 0.3) is 0 Å². The summed E-state index contributed by atoms with van der Waals surface area (Å²) in [4.78, 5) is 20.0. The number of anilines is 1. The third-order valence-corrected chi connectivity index (χ3v) is 5.85.